The molecule has 1 fully saturated rings. The quantitative estimate of drug-likeness (QED) is 0.388. The first kappa shape index (κ1) is 19.6. The Morgan fingerprint density at radius 3 is 2.64 bits per heavy atom. The van der Waals surface area contributed by atoms with Gasteiger partial charge in [0.15, 0.2) is 5.96 Å². The highest BCUT2D eigenvalue weighted by atomic mass is 16.5. The summed E-state index contributed by atoms with van der Waals surface area (Å²) in [6, 6.07) is 8.32. The standard InChI is InChI=1S/C20H33N3O2/c1-16(2)14-25-13-7-12-22-19(21-3)23-15-20(10-11-20)17-8-5-6-9-18(17)24-4/h5-6,8-9,16H,7,10-15H2,1-4H3,(H2,21,22,23). The van der Waals surface area contributed by atoms with Gasteiger partial charge in [-0.1, -0.05) is 32.0 Å². The Bertz CT molecular complexity index is 554. The first-order valence-electron chi connectivity index (χ1n) is 9.27. The van der Waals surface area contributed by atoms with E-state index in [0.29, 0.717) is 5.92 Å². The summed E-state index contributed by atoms with van der Waals surface area (Å²) in [5, 5.41) is 6.84. The summed E-state index contributed by atoms with van der Waals surface area (Å²) in [4.78, 5) is 4.32. The zero-order valence-electron chi connectivity index (χ0n) is 16.1. The number of rotatable bonds is 10. The van der Waals surface area contributed by atoms with Crippen LogP contribution < -0.4 is 15.4 Å². The van der Waals surface area contributed by atoms with Crippen LogP contribution in [0.15, 0.2) is 29.3 Å². The van der Waals surface area contributed by atoms with Crippen molar-refractivity contribution in [2.45, 2.75) is 38.5 Å². The SMILES string of the molecule is CN=C(NCCCOCC(C)C)NCC1(c2ccccc2OC)CC1. The first-order chi connectivity index (χ1) is 12.1. The molecule has 0 aliphatic heterocycles. The highest BCUT2D eigenvalue weighted by molar-refractivity contribution is 5.79. The molecular weight excluding hydrogens is 314 g/mol. The van der Waals surface area contributed by atoms with E-state index in [-0.39, 0.29) is 5.41 Å². The molecule has 0 aromatic heterocycles. The largest absolute Gasteiger partial charge is 0.496 e. The van der Waals surface area contributed by atoms with Crippen LogP contribution in [-0.4, -0.2) is 46.4 Å². The van der Waals surface area contributed by atoms with Gasteiger partial charge < -0.3 is 20.1 Å². The van der Waals surface area contributed by atoms with Crippen molar-refractivity contribution < 1.29 is 9.47 Å². The lowest BCUT2D eigenvalue weighted by atomic mass is 9.95. The molecule has 1 aromatic carbocycles. The topological polar surface area (TPSA) is 54.9 Å². The third kappa shape index (κ3) is 5.92. The Kier molecular flexibility index (Phi) is 7.56. The van der Waals surface area contributed by atoms with Gasteiger partial charge in [0.25, 0.3) is 0 Å². The van der Waals surface area contributed by atoms with Crippen molar-refractivity contribution in [1.82, 2.24) is 10.6 Å². The molecule has 0 heterocycles. The van der Waals surface area contributed by atoms with Crippen LogP contribution in [0.5, 0.6) is 5.75 Å². The molecule has 1 aliphatic rings. The van der Waals surface area contributed by atoms with Gasteiger partial charge in [-0.3, -0.25) is 4.99 Å². The van der Waals surface area contributed by atoms with Crippen LogP contribution in [0.2, 0.25) is 0 Å². The molecule has 1 aliphatic carbocycles. The van der Waals surface area contributed by atoms with Crippen LogP contribution in [0.1, 0.15) is 38.7 Å². The first-order valence-corrected chi connectivity index (χ1v) is 9.27. The average Bonchev–Trinajstić information content (AvgIpc) is 3.41. The minimum Gasteiger partial charge on any atom is -0.496 e. The van der Waals surface area contributed by atoms with E-state index in [1.54, 1.807) is 7.11 Å². The third-order valence-electron chi connectivity index (χ3n) is 4.56. The van der Waals surface area contributed by atoms with Gasteiger partial charge in [0.2, 0.25) is 0 Å². The Morgan fingerprint density at radius 1 is 1.24 bits per heavy atom. The van der Waals surface area contributed by atoms with E-state index in [4.69, 9.17) is 9.47 Å². The van der Waals surface area contributed by atoms with Crippen LogP contribution in [-0.2, 0) is 10.2 Å². The van der Waals surface area contributed by atoms with Crippen LogP contribution in [0.25, 0.3) is 0 Å². The molecule has 0 atom stereocenters. The number of hydrogen-bond donors (Lipinski definition) is 2. The zero-order chi connectivity index (χ0) is 18.1. The van der Waals surface area contributed by atoms with E-state index in [0.717, 1.165) is 44.4 Å². The van der Waals surface area contributed by atoms with Crippen LogP contribution >= 0.6 is 0 Å². The molecule has 0 amide bonds. The molecule has 0 unspecified atom stereocenters. The molecule has 0 spiro atoms. The molecule has 0 saturated heterocycles. The number of guanidine groups is 1. The van der Waals surface area contributed by atoms with Crippen molar-refractivity contribution in [1.29, 1.82) is 0 Å². The van der Waals surface area contributed by atoms with Gasteiger partial charge in [-0.05, 0) is 31.2 Å². The lowest BCUT2D eigenvalue weighted by Crippen LogP contribution is -2.41. The second-order valence-electron chi connectivity index (χ2n) is 7.16. The maximum atomic E-state index is 5.60. The number of methoxy groups -OCH3 is 1. The fraction of sp³-hybridized carbons (Fsp3) is 0.650. The smallest absolute Gasteiger partial charge is 0.191 e. The Hall–Kier alpha value is -1.75. The molecule has 25 heavy (non-hydrogen) atoms. The lowest BCUT2D eigenvalue weighted by Gasteiger charge is -2.21. The number of nitrogens with zero attached hydrogens (tertiary/aromatic N) is 1. The summed E-state index contributed by atoms with van der Waals surface area (Å²) in [6.07, 6.45) is 3.34. The Labute approximate surface area is 152 Å². The fourth-order valence-electron chi connectivity index (χ4n) is 2.95. The van der Waals surface area contributed by atoms with E-state index in [2.05, 4.69) is 41.6 Å². The minimum absolute atomic E-state index is 0.171. The summed E-state index contributed by atoms with van der Waals surface area (Å²) in [7, 11) is 3.55. The number of nitrogens with one attached hydrogen (secondary N) is 2. The molecule has 0 radical (unpaired) electrons. The van der Waals surface area contributed by atoms with E-state index in [1.807, 2.05) is 19.2 Å². The molecule has 1 aromatic rings. The van der Waals surface area contributed by atoms with Gasteiger partial charge in [0.1, 0.15) is 5.75 Å². The van der Waals surface area contributed by atoms with E-state index in [9.17, 15) is 0 Å². The average molecular weight is 348 g/mol. The number of para-hydroxylation sites is 1. The van der Waals surface area contributed by atoms with E-state index < -0.39 is 0 Å². The maximum absolute atomic E-state index is 5.60. The molecule has 5 heteroatoms. The van der Waals surface area contributed by atoms with Crippen molar-refractivity contribution in [2.75, 3.05) is 40.5 Å². The third-order valence-corrected chi connectivity index (χ3v) is 4.56. The molecule has 2 N–H and O–H groups in total. The zero-order valence-corrected chi connectivity index (χ0v) is 16.1. The molecule has 0 bridgehead atoms. The molecule has 140 valence electrons. The van der Waals surface area contributed by atoms with E-state index >= 15 is 0 Å². The second kappa shape index (κ2) is 9.66. The maximum Gasteiger partial charge on any atom is 0.191 e. The molecule has 2 rings (SSSR count). The second-order valence-corrected chi connectivity index (χ2v) is 7.16. The van der Waals surface area contributed by atoms with Gasteiger partial charge >= 0.3 is 0 Å². The number of aliphatic imine (C=N–C) groups is 1. The van der Waals surface area contributed by atoms with Crippen LogP contribution in [0, 0.1) is 5.92 Å². The lowest BCUT2D eigenvalue weighted by molar-refractivity contribution is 0.108. The van der Waals surface area contributed by atoms with Crippen molar-refractivity contribution in [3.05, 3.63) is 29.8 Å². The van der Waals surface area contributed by atoms with Crippen molar-refractivity contribution >= 4 is 5.96 Å². The summed E-state index contributed by atoms with van der Waals surface area (Å²) < 4.78 is 11.1. The van der Waals surface area contributed by atoms with Gasteiger partial charge in [-0.25, -0.2) is 0 Å². The summed E-state index contributed by atoms with van der Waals surface area (Å²) in [6.45, 7) is 7.68. The normalized spacial score (nSPS) is 16.0. The van der Waals surface area contributed by atoms with Gasteiger partial charge in [-0.2, -0.15) is 0 Å². The Balaban J connectivity index is 1.75. The van der Waals surface area contributed by atoms with Crippen LogP contribution in [0.4, 0.5) is 0 Å². The van der Waals surface area contributed by atoms with Gasteiger partial charge in [0, 0.05) is 44.3 Å². The summed E-state index contributed by atoms with van der Waals surface area (Å²) in [5.74, 6) is 2.42. The highest BCUT2D eigenvalue weighted by Gasteiger charge is 2.45. The minimum atomic E-state index is 0.171. The number of ether oxygens (including phenoxy) is 2. The number of benzene rings is 1. The van der Waals surface area contributed by atoms with Gasteiger partial charge in [0.05, 0.1) is 7.11 Å². The Morgan fingerprint density at radius 2 is 2.00 bits per heavy atom. The fourth-order valence-corrected chi connectivity index (χ4v) is 2.95. The summed E-state index contributed by atoms with van der Waals surface area (Å²) in [5.41, 5.74) is 1.47. The monoisotopic (exact) mass is 347 g/mol. The van der Waals surface area contributed by atoms with Crippen molar-refractivity contribution in [3.63, 3.8) is 0 Å². The van der Waals surface area contributed by atoms with Crippen molar-refractivity contribution in [2.24, 2.45) is 10.9 Å². The predicted octanol–water partition coefficient (Wildman–Crippen LogP) is 2.95. The van der Waals surface area contributed by atoms with Gasteiger partial charge in [-0.15, -0.1) is 0 Å². The highest BCUT2D eigenvalue weighted by Crippen LogP contribution is 2.50. The molecule has 5 nitrogen and oxygen atoms in total. The molecular formula is C20H33N3O2. The van der Waals surface area contributed by atoms with Crippen molar-refractivity contribution in [3.8, 4) is 5.75 Å². The predicted molar refractivity (Wildman–Crippen MR) is 104 cm³/mol. The van der Waals surface area contributed by atoms with E-state index in [1.165, 1.54) is 18.4 Å². The number of hydrogen-bond acceptors (Lipinski definition) is 3. The van der Waals surface area contributed by atoms with Crippen LogP contribution in [0.3, 0.4) is 0 Å². The molecule has 1 saturated carbocycles. The summed E-state index contributed by atoms with van der Waals surface area (Å²) >= 11 is 0.